The number of nitrogens with zero attached hydrogens (tertiary/aromatic N) is 1. The van der Waals surface area contributed by atoms with Crippen molar-refractivity contribution in [2.75, 3.05) is 13.7 Å². The van der Waals surface area contributed by atoms with Crippen LogP contribution >= 0.6 is 0 Å². The summed E-state index contributed by atoms with van der Waals surface area (Å²) in [6.45, 7) is 10.8. The van der Waals surface area contributed by atoms with E-state index in [0.717, 1.165) is 52.3 Å². The molecular weight excluding hydrogens is 394 g/mol. The quantitative estimate of drug-likeness (QED) is 0.735. The number of carbonyl (C=O) groups is 1. The highest BCUT2D eigenvalue weighted by Crippen LogP contribution is 2.48. The molecule has 164 valence electrons. The van der Waals surface area contributed by atoms with Crippen molar-refractivity contribution >= 4 is 11.7 Å². The first-order chi connectivity index (χ1) is 14.5. The van der Waals surface area contributed by atoms with Gasteiger partial charge in [-0.15, -0.1) is 0 Å². The Kier molecular flexibility index (Phi) is 4.99. The van der Waals surface area contributed by atoms with Crippen molar-refractivity contribution in [3.05, 3.63) is 52.1 Å². The van der Waals surface area contributed by atoms with Gasteiger partial charge in [0.1, 0.15) is 16.9 Å². The number of esters is 1. The van der Waals surface area contributed by atoms with E-state index in [0.29, 0.717) is 6.61 Å². The zero-order valence-electron chi connectivity index (χ0n) is 19.0. The highest BCUT2D eigenvalue weighted by atomic mass is 16.5. The van der Waals surface area contributed by atoms with E-state index in [4.69, 9.17) is 19.2 Å². The van der Waals surface area contributed by atoms with Crippen LogP contribution < -0.4 is 9.47 Å². The van der Waals surface area contributed by atoms with Gasteiger partial charge in [0.15, 0.2) is 11.5 Å². The standard InChI is InChI=1S/C25H29NO5/c1-7-30-19-11-15-12-24(2,3)26-21(20(15)17-13-25(4,5)31-22(17)19)14-8-9-16(18(27)10-14)23(28)29-6/h8-11,27H,7,12-13H2,1-6H3. The number of hydrogen-bond donors (Lipinski definition) is 1. The van der Waals surface area contributed by atoms with Gasteiger partial charge >= 0.3 is 5.97 Å². The Labute approximate surface area is 182 Å². The fourth-order valence-corrected chi connectivity index (χ4v) is 4.50. The van der Waals surface area contributed by atoms with Crippen molar-refractivity contribution in [2.45, 2.75) is 58.6 Å². The molecule has 0 unspecified atom stereocenters. The third-order valence-electron chi connectivity index (χ3n) is 5.66. The first kappa shape index (κ1) is 21.2. The monoisotopic (exact) mass is 423 g/mol. The van der Waals surface area contributed by atoms with Crippen LogP contribution in [-0.4, -0.2) is 41.6 Å². The van der Waals surface area contributed by atoms with Gasteiger partial charge < -0.3 is 19.3 Å². The maximum atomic E-state index is 11.9. The van der Waals surface area contributed by atoms with Crippen molar-refractivity contribution < 1.29 is 24.1 Å². The summed E-state index contributed by atoms with van der Waals surface area (Å²) in [7, 11) is 1.29. The number of rotatable bonds is 4. The number of phenols is 1. The molecule has 2 heterocycles. The van der Waals surface area contributed by atoms with Crippen LogP contribution in [0.3, 0.4) is 0 Å². The van der Waals surface area contributed by atoms with Crippen LogP contribution in [0, 0.1) is 0 Å². The van der Waals surface area contributed by atoms with Gasteiger partial charge in [-0.1, -0.05) is 6.07 Å². The maximum Gasteiger partial charge on any atom is 0.341 e. The minimum absolute atomic E-state index is 0.128. The molecule has 0 fully saturated rings. The Hall–Kier alpha value is -3.02. The van der Waals surface area contributed by atoms with Crippen molar-refractivity contribution in [2.24, 2.45) is 4.99 Å². The van der Waals surface area contributed by atoms with Gasteiger partial charge in [0.2, 0.25) is 0 Å². The van der Waals surface area contributed by atoms with E-state index in [2.05, 4.69) is 33.8 Å². The van der Waals surface area contributed by atoms with Crippen LogP contribution in [0.1, 0.15) is 67.2 Å². The molecular formula is C25H29NO5. The highest BCUT2D eigenvalue weighted by Gasteiger charge is 2.39. The van der Waals surface area contributed by atoms with Gasteiger partial charge in [-0.05, 0) is 64.8 Å². The number of hydrogen-bond acceptors (Lipinski definition) is 6. The first-order valence-corrected chi connectivity index (χ1v) is 10.6. The molecule has 0 spiro atoms. The fourth-order valence-electron chi connectivity index (χ4n) is 4.50. The van der Waals surface area contributed by atoms with Crippen LogP contribution in [0.5, 0.6) is 17.2 Å². The largest absolute Gasteiger partial charge is 0.507 e. The van der Waals surface area contributed by atoms with Gasteiger partial charge in [-0.25, -0.2) is 4.79 Å². The molecule has 6 nitrogen and oxygen atoms in total. The number of methoxy groups -OCH3 is 1. The summed E-state index contributed by atoms with van der Waals surface area (Å²) in [5.74, 6) is 0.833. The van der Waals surface area contributed by atoms with Gasteiger partial charge in [0, 0.05) is 23.1 Å². The summed E-state index contributed by atoms with van der Waals surface area (Å²) >= 11 is 0. The number of ether oxygens (including phenoxy) is 3. The van der Waals surface area contributed by atoms with Gasteiger partial charge in [0.25, 0.3) is 0 Å². The lowest BCUT2D eigenvalue weighted by atomic mass is 9.81. The summed E-state index contributed by atoms with van der Waals surface area (Å²) in [6.07, 6.45) is 1.50. The second-order valence-electron chi connectivity index (χ2n) is 9.36. The van der Waals surface area contributed by atoms with Crippen LogP contribution in [0.2, 0.25) is 0 Å². The molecule has 31 heavy (non-hydrogen) atoms. The van der Waals surface area contributed by atoms with Gasteiger partial charge in [0.05, 0.1) is 25.0 Å². The molecule has 2 aromatic carbocycles. The smallest absolute Gasteiger partial charge is 0.341 e. The summed E-state index contributed by atoms with van der Waals surface area (Å²) in [5, 5.41) is 10.5. The van der Waals surface area contributed by atoms with Gasteiger partial charge in [-0.2, -0.15) is 0 Å². The average molecular weight is 424 g/mol. The molecule has 0 saturated heterocycles. The van der Waals surface area contributed by atoms with Gasteiger partial charge in [-0.3, -0.25) is 4.99 Å². The minimum Gasteiger partial charge on any atom is -0.507 e. The molecule has 2 aliphatic rings. The lowest BCUT2D eigenvalue weighted by Gasteiger charge is -2.31. The molecule has 2 aliphatic heterocycles. The van der Waals surface area contributed by atoms with E-state index in [1.807, 2.05) is 6.92 Å². The molecule has 0 amide bonds. The Morgan fingerprint density at radius 1 is 1.19 bits per heavy atom. The van der Waals surface area contributed by atoms with Crippen molar-refractivity contribution in [3.63, 3.8) is 0 Å². The number of benzene rings is 2. The number of phenolic OH excluding ortho intramolecular Hbond substituents is 1. The Balaban J connectivity index is 1.93. The van der Waals surface area contributed by atoms with E-state index in [-0.39, 0.29) is 22.5 Å². The predicted octanol–water partition coefficient (Wildman–Crippen LogP) is 4.46. The average Bonchev–Trinajstić information content (AvgIpc) is 3.01. The van der Waals surface area contributed by atoms with E-state index in [1.165, 1.54) is 7.11 Å². The van der Waals surface area contributed by atoms with Crippen LogP contribution in [0.25, 0.3) is 0 Å². The van der Waals surface area contributed by atoms with E-state index < -0.39 is 5.97 Å². The Morgan fingerprint density at radius 3 is 2.58 bits per heavy atom. The summed E-state index contributed by atoms with van der Waals surface area (Å²) in [5.41, 5.74) is 4.25. The normalized spacial score (nSPS) is 17.8. The van der Waals surface area contributed by atoms with Crippen molar-refractivity contribution in [1.82, 2.24) is 0 Å². The molecule has 4 rings (SSSR count). The molecule has 0 aromatic heterocycles. The van der Waals surface area contributed by atoms with E-state index >= 15 is 0 Å². The number of carbonyl (C=O) groups excluding carboxylic acids is 1. The lowest BCUT2D eigenvalue weighted by molar-refractivity contribution is 0.0597. The van der Waals surface area contributed by atoms with Crippen LogP contribution in [-0.2, 0) is 17.6 Å². The number of fused-ring (bicyclic) bond motifs is 3. The Morgan fingerprint density at radius 2 is 1.94 bits per heavy atom. The maximum absolute atomic E-state index is 11.9. The molecule has 0 bridgehead atoms. The molecule has 1 N–H and O–H groups in total. The topological polar surface area (TPSA) is 77.4 Å². The fraction of sp³-hybridized carbons (Fsp3) is 0.440. The van der Waals surface area contributed by atoms with Crippen LogP contribution in [0.4, 0.5) is 0 Å². The predicted molar refractivity (Wildman–Crippen MR) is 119 cm³/mol. The minimum atomic E-state index is -0.576. The zero-order chi connectivity index (χ0) is 22.6. The van der Waals surface area contributed by atoms with E-state index in [1.54, 1.807) is 18.2 Å². The molecule has 2 aromatic rings. The molecule has 0 saturated carbocycles. The Bertz CT molecular complexity index is 1100. The molecule has 0 radical (unpaired) electrons. The lowest BCUT2D eigenvalue weighted by Crippen LogP contribution is -2.30. The molecule has 6 heteroatoms. The summed E-state index contributed by atoms with van der Waals surface area (Å²) in [4.78, 5) is 17.0. The van der Waals surface area contributed by atoms with Crippen LogP contribution in [0.15, 0.2) is 29.3 Å². The summed E-state index contributed by atoms with van der Waals surface area (Å²) < 4.78 is 17.0. The van der Waals surface area contributed by atoms with E-state index in [9.17, 15) is 9.90 Å². The second-order valence-corrected chi connectivity index (χ2v) is 9.36. The third-order valence-corrected chi connectivity index (χ3v) is 5.66. The summed E-state index contributed by atoms with van der Waals surface area (Å²) in [6, 6.07) is 7.04. The zero-order valence-corrected chi connectivity index (χ0v) is 19.0. The third kappa shape index (κ3) is 3.75. The highest BCUT2D eigenvalue weighted by molar-refractivity contribution is 6.16. The molecule has 0 atom stereocenters. The molecule has 0 aliphatic carbocycles. The number of aromatic hydroxyl groups is 1. The van der Waals surface area contributed by atoms with Crippen molar-refractivity contribution in [3.8, 4) is 17.2 Å². The van der Waals surface area contributed by atoms with Crippen molar-refractivity contribution in [1.29, 1.82) is 0 Å². The first-order valence-electron chi connectivity index (χ1n) is 10.6. The second kappa shape index (κ2) is 7.29. The SMILES string of the molecule is CCOc1cc2c(c3c1OC(C)(C)C3)C(c1ccc(C(=O)OC)c(O)c1)=NC(C)(C)C2. The number of aliphatic imine (C=N–C) groups is 1.